The molecule has 0 aromatic heterocycles. The van der Waals surface area contributed by atoms with E-state index in [-0.39, 0.29) is 28.7 Å². The third-order valence-electron chi connectivity index (χ3n) is 6.17. The molecule has 2 fully saturated rings. The molecule has 9 heteroatoms. The molecule has 2 amide bonds. The number of sulfonamides is 1. The van der Waals surface area contributed by atoms with Gasteiger partial charge in [-0.3, -0.25) is 9.59 Å². The minimum Gasteiger partial charge on any atom is -0.346 e. The molecule has 2 aliphatic rings. The first-order valence-corrected chi connectivity index (χ1v) is 12.7. The van der Waals surface area contributed by atoms with Gasteiger partial charge in [0.15, 0.2) is 0 Å². The average molecular weight is 471 g/mol. The van der Waals surface area contributed by atoms with Crippen LogP contribution in [0.2, 0.25) is 0 Å². The quantitative estimate of drug-likeness (QED) is 0.648. The fourth-order valence-electron chi connectivity index (χ4n) is 3.78. The van der Waals surface area contributed by atoms with E-state index in [1.807, 2.05) is 38.2 Å². The Morgan fingerprint density at radius 1 is 1.00 bits per heavy atom. The molecule has 176 valence electrons. The van der Waals surface area contributed by atoms with Crippen LogP contribution in [0.1, 0.15) is 41.7 Å². The highest BCUT2D eigenvalue weighted by Crippen LogP contribution is 2.30. The lowest BCUT2D eigenvalue weighted by Crippen LogP contribution is -2.47. The minimum atomic E-state index is -3.65. The molecule has 0 unspecified atom stereocenters. The van der Waals surface area contributed by atoms with Crippen LogP contribution in [0.3, 0.4) is 0 Å². The normalized spacial score (nSPS) is 18.5. The van der Waals surface area contributed by atoms with Crippen molar-refractivity contribution in [3.05, 3.63) is 59.7 Å². The molecule has 33 heavy (non-hydrogen) atoms. The van der Waals surface area contributed by atoms with Crippen LogP contribution >= 0.6 is 0 Å². The maximum atomic E-state index is 13.0. The lowest BCUT2D eigenvalue weighted by Gasteiger charge is -2.31. The Morgan fingerprint density at radius 3 is 2.30 bits per heavy atom. The number of hydrogen-bond acceptors (Lipinski definition) is 5. The molecule has 4 rings (SSSR count). The highest BCUT2D eigenvalue weighted by molar-refractivity contribution is 7.89. The standard InChI is InChI=1S/C24H30N4O4S/c1-17(18-8-10-21(11-9-18)26-23(29)19-6-7-19)25-24(30)20-4-3-5-22(16-20)33(31,32)28-14-12-27(2)13-15-28/h3-5,8-11,16-17,19H,6-7,12-15H2,1-2H3,(H,25,30)(H,26,29)/t17-/m0/s1. The van der Waals surface area contributed by atoms with Crippen molar-refractivity contribution in [3.8, 4) is 0 Å². The number of nitrogens with one attached hydrogen (secondary N) is 2. The number of benzene rings is 2. The van der Waals surface area contributed by atoms with E-state index in [0.29, 0.717) is 31.7 Å². The molecule has 1 aliphatic carbocycles. The van der Waals surface area contributed by atoms with Gasteiger partial charge in [-0.1, -0.05) is 18.2 Å². The van der Waals surface area contributed by atoms with Gasteiger partial charge in [0.05, 0.1) is 10.9 Å². The van der Waals surface area contributed by atoms with Gasteiger partial charge in [-0.25, -0.2) is 8.42 Å². The topological polar surface area (TPSA) is 98.8 Å². The first kappa shape index (κ1) is 23.4. The molecule has 0 bridgehead atoms. The van der Waals surface area contributed by atoms with Crippen LogP contribution in [0.4, 0.5) is 5.69 Å². The Kier molecular flexibility index (Phi) is 6.83. The van der Waals surface area contributed by atoms with E-state index >= 15 is 0 Å². The van der Waals surface area contributed by atoms with Gasteiger partial charge in [0.2, 0.25) is 15.9 Å². The van der Waals surface area contributed by atoms with Crippen LogP contribution in [-0.4, -0.2) is 62.7 Å². The molecule has 2 aromatic rings. The predicted molar refractivity (Wildman–Crippen MR) is 126 cm³/mol. The monoisotopic (exact) mass is 470 g/mol. The van der Waals surface area contributed by atoms with Crippen molar-refractivity contribution in [1.29, 1.82) is 0 Å². The number of likely N-dealkylation sites (N-methyl/N-ethyl adjacent to an activating group) is 1. The summed E-state index contributed by atoms with van der Waals surface area (Å²) in [6, 6.07) is 13.3. The molecule has 1 aliphatic heterocycles. The largest absolute Gasteiger partial charge is 0.346 e. The third-order valence-corrected chi connectivity index (χ3v) is 8.06. The Labute approximate surface area is 195 Å². The fraction of sp³-hybridized carbons (Fsp3) is 0.417. The van der Waals surface area contributed by atoms with Crippen LogP contribution in [0.5, 0.6) is 0 Å². The zero-order valence-corrected chi connectivity index (χ0v) is 19.8. The Balaban J connectivity index is 1.40. The molecule has 1 heterocycles. The smallest absolute Gasteiger partial charge is 0.251 e. The van der Waals surface area contributed by atoms with Gasteiger partial charge in [-0.15, -0.1) is 0 Å². The average Bonchev–Trinajstić information content (AvgIpc) is 3.65. The summed E-state index contributed by atoms with van der Waals surface area (Å²) in [5, 5.41) is 5.82. The van der Waals surface area contributed by atoms with E-state index in [0.717, 1.165) is 24.1 Å². The number of amides is 2. The number of piperazine rings is 1. The number of nitrogens with zero attached hydrogens (tertiary/aromatic N) is 2. The van der Waals surface area contributed by atoms with Crippen molar-refractivity contribution in [2.75, 3.05) is 38.5 Å². The molecule has 1 saturated heterocycles. The van der Waals surface area contributed by atoms with Crippen LogP contribution < -0.4 is 10.6 Å². The second-order valence-corrected chi connectivity index (χ2v) is 10.8. The lowest BCUT2D eigenvalue weighted by molar-refractivity contribution is -0.117. The lowest BCUT2D eigenvalue weighted by atomic mass is 10.1. The van der Waals surface area contributed by atoms with Crippen LogP contribution in [-0.2, 0) is 14.8 Å². The van der Waals surface area contributed by atoms with Gasteiger partial charge < -0.3 is 15.5 Å². The van der Waals surface area contributed by atoms with E-state index in [1.54, 1.807) is 12.1 Å². The summed E-state index contributed by atoms with van der Waals surface area (Å²) in [6.07, 6.45) is 1.90. The molecular weight excluding hydrogens is 440 g/mol. The first-order chi connectivity index (χ1) is 15.7. The minimum absolute atomic E-state index is 0.0514. The van der Waals surface area contributed by atoms with Crippen LogP contribution in [0.25, 0.3) is 0 Å². The molecule has 8 nitrogen and oxygen atoms in total. The van der Waals surface area contributed by atoms with Gasteiger partial charge in [0, 0.05) is 43.3 Å². The van der Waals surface area contributed by atoms with Gasteiger partial charge >= 0.3 is 0 Å². The summed E-state index contributed by atoms with van der Waals surface area (Å²) < 4.78 is 27.5. The van der Waals surface area contributed by atoms with Crippen molar-refractivity contribution in [2.45, 2.75) is 30.7 Å². The van der Waals surface area contributed by atoms with Crippen LogP contribution in [0.15, 0.2) is 53.4 Å². The van der Waals surface area contributed by atoms with Crippen molar-refractivity contribution in [2.24, 2.45) is 5.92 Å². The Bertz CT molecular complexity index is 1120. The number of anilines is 1. The van der Waals surface area contributed by atoms with Crippen LogP contribution in [0, 0.1) is 5.92 Å². The zero-order valence-electron chi connectivity index (χ0n) is 19.0. The Hall–Kier alpha value is -2.75. The summed E-state index contributed by atoms with van der Waals surface area (Å²) in [4.78, 5) is 26.9. The van der Waals surface area contributed by atoms with E-state index < -0.39 is 10.0 Å². The van der Waals surface area contributed by atoms with E-state index in [9.17, 15) is 18.0 Å². The van der Waals surface area contributed by atoms with Gasteiger partial charge in [-0.05, 0) is 62.7 Å². The maximum Gasteiger partial charge on any atom is 0.251 e. The summed E-state index contributed by atoms with van der Waals surface area (Å²) >= 11 is 0. The highest BCUT2D eigenvalue weighted by Gasteiger charge is 2.30. The summed E-state index contributed by atoms with van der Waals surface area (Å²) in [7, 11) is -1.68. The third kappa shape index (κ3) is 5.61. The maximum absolute atomic E-state index is 13.0. The summed E-state index contributed by atoms with van der Waals surface area (Å²) in [5.74, 6) is -0.154. The van der Waals surface area contributed by atoms with E-state index in [2.05, 4.69) is 15.5 Å². The highest BCUT2D eigenvalue weighted by atomic mass is 32.2. The van der Waals surface area contributed by atoms with Crippen molar-refractivity contribution < 1.29 is 18.0 Å². The molecule has 2 aromatic carbocycles. The number of rotatable bonds is 7. The number of carbonyl (C=O) groups excluding carboxylic acids is 2. The fourth-order valence-corrected chi connectivity index (χ4v) is 5.25. The van der Waals surface area contributed by atoms with Gasteiger partial charge in [-0.2, -0.15) is 4.31 Å². The molecule has 1 saturated carbocycles. The Morgan fingerprint density at radius 2 is 1.67 bits per heavy atom. The molecule has 1 atom stereocenters. The van der Waals surface area contributed by atoms with Crippen molar-refractivity contribution >= 4 is 27.5 Å². The predicted octanol–water partition coefficient (Wildman–Crippen LogP) is 2.46. The zero-order chi connectivity index (χ0) is 23.6. The number of hydrogen-bond donors (Lipinski definition) is 2. The summed E-state index contributed by atoms with van der Waals surface area (Å²) in [5.41, 5.74) is 1.91. The second-order valence-electron chi connectivity index (χ2n) is 8.82. The second kappa shape index (κ2) is 9.62. The number of carbonyl (C=O) groups is 2. The van der Waals surface area contributed by atoms with Gasteiger partial charge in [0.25, 0.3) is 5.91 Å². The van der Waals surface area contributed by atoms with E-state index in [4.69, 9.17) is 0 Å². The molecule has 2 N–H and O–H groups in total. The van der Waals surface area contributed by atoms with E-state index in [1.165, 1.54) is 16.4 Å². The molecular formula is C24H30N4O4S. The van der Waals surface area contributed by atoms with Crippen molar-refractivity contribution in [1.82, 2.24) is 14.5 Å². The van der Waals surface area contributed by atoms with Crippen molar-refractivity contribution in [3.63, 3.8) is 0 Å². The molecule has 0 spiro atoms. The van der Waals surface area contributed by atoms with Gasteiger partial charge in [0.1, 0.15) is 0 Å². The first-order valence-electron chi connectivity index (χ1n) is 11.2. The summed E-state index contributed by atoms with van der Waals surface area (Å²) in [6.45, 7) is 4.09. The SMILES string of the molecule is C[C@H](NC(=O)c1cccc(S(=O)(=O)N2CCN(C)CC2)c1)c1ccc(NC(=O)C2CC2)cc1. The molecule has 0 radical (unpaired) electrons.